The highest BCUT2D eigenvalue weighted by Gasteiger charge is 2.39. The maximum atomic E-state index is 12.5. The molecule has 0 bridgehead atoms. The molecule has 86 valence electrons. The monoisotopic (exact) mass is 222 g/mol. The SMILES string of the molecule is Cc1oc(C(F)(F)F)c(CO)c1C(C)C. The van der Waals surface area contributed by atoms with Gasteiger partial charge in [0.25, 0.3) is 0 Å². The number of hydrogen-bond donors (Lipinski definition) is 1. The van der Waals surface area contributed by atoms with Crippen LogP contribution in [0.4, 0.5) is 13.2 Å². The van der Waals surface area contributed by atoms with Gasteiger partial charge < -0.3 is 9.52 Å². The van der Waals surface area contributed by atoms with E-state index in [2.05, 4.69) is 4.42 Å². The molecule has 0 saturated heterocycles. The Bertz CT molecular complexity index is 350. The van der Waals surface area contributed by atoms with E-state index in [4.69, 9.17) is 5.11 Å². The van der Waals surface area contributed by atoms with Crippen LogP contribution in [-0.2, 0) is 12.8 Å². The van der Waals surface area contributed by atoms with E-state index in [0.717, 1.165) is 0 Å². The molecule has 5 heteroatoms. The van der Waals surface area contributed by atoms with E-state index in [0.29, 0.717) is 5.56 Å². The fraction of sp³-hybridized carbons (Fsp3) is 0.600. The van der Waals surface area contributed by atoms with Crippen molar-refractivity contribution in [3.63, 3.8) is 0 Å². The fourth-order valence-corrected chi connectivity index (χ4v) is 1.75. The van der Waals surface area contributed by atoms with Crippen LogP contribution in [0, 0.1) is 6.92 Å². The zero-order chi connectivity index (χ0) is 11.8. The van der Waals surface area contributed by atoms with Gasteiger partial charge in [-0.2, -0.15) is 13.2 Å². The number of aliphatic hydroxyl groups is 1. The molecule has 0 aliphatic carbocycles. The third-order valence-corrected chi connectivity index (χ3v) is 2.23. The van der Waals surface area contributed by atoms with Crippen LogP contribution in [0.1, 0.15) is 42.4 Å². The second kappa shape index (κ2) is 3.89. The fourth-order valence-electron chi connectivity index (χ4n) is 1.75. The van der Waals surface area contributed by atoms with Crippen LogP contribution >= 0.6 is 0 Å². The van der Waals surface area contributed by atoms with E-state index in [9.17, 15) is 13.2 Å². The van der Waals surface area contributed by atoms with Gasteiger partial charge in [-0.3, -0.25) is 0 Å². The molecule has 1 aromatic heterocycles. The largest absolute Gasteiger partial charge is 0.456 e. The minimum atomic E-state index is -4.55. The van der Waals surface area contributed by atoms with Gasteiger partial charge in [0.1, 0.15) is 5.76 Å². The molecule has 1 rings (SSSR count). The van der Waals surface area contributed by atoms with Gasteiger partial charge in [-0.15, -0.1) is 0 Å². The predicted octanol–water partition coefficient (Wildman–Crippen LogP) is 3.22. The summed E-state index contributed by atoms with van der Waals surface area (Å²) in [7, 11) is 0. The number of halogens is 3. The number of aryl methyl sites for hydroxylation is 1. The summed E-state index contributed by atoms with van der Waals surface area (Å²) in [6, 6.07) is 0. The van der Waals surface area contributed by atoms with Gasteiger partial charge in [-0.1, -0.05) is 13.8 Å². The van der Waals surface area contributed by atoms with E-state index in [-0.39, 0.29) is 17.2 Å². The molecule has 2 nitrogen and oxygen atoms in total. The standard InChI is InChI=1S/C10H13F3O2/c1-5(2)8-6(3)15-9(7(8)4-14)10(11,12)13/h5,14H,4H2,1-3H3. The molecule has 0 aliphatic heterocycles. The van der Waals surface area contributed by atoms with Gasteiger partial charge in [0.15, 0.2) is 0 Å². The minimum Gasteiger partial charge on any atom is -0.456 e. The predicted molar refractivity (Wildman–Crippen MR) is 48.5 cm³/mol. The van der Waals surface area contributed by atoms with Crippen LogP contribution in [0.3, 0.4) is 0 Å². The van der Waals surface area contributed by atoms with Crippen molar-refractivity contribution < 1.29 is 22.7 Å². The van der Waals surface area contributed by atoms with E-state index < -0.39 is 18.5 Å². The van der Waals surface area contributed by atoms with Gasteiger partial charge in [0.2, 0.25) is 5.76 Å². The average molecular weight is 222 g/mol. The molecule has 0 unspecified atom stereocenters. The van der Waals surface area contributed by atoms with Crippen LogP contribution in [0.2, 0.25) is 0 Å². The Morgan fingerprint density at radius 1 is 1.33 bits per heavy atom. The average Bonchev–Trinajstić information content (AvgIpc) is 2.41. The summed E-state index contributed by atoms with van der Waals surface area (Å²) in [5.41, 5.74) is 0.305. The number of aliphatic hydroxyl groups excluding tert-OH is 1. The molecule has 15 heavy (non-hydrogen) atoms. The summed E-state index contributed by atoms with van der Waals surface area (Å²) in [5.74, 6) is -0.959. The molecule has 0 fully saturated rings. The molecule has 0 saturated carbocycles. The van der Waals surface area contributed by atoms with Crippen molar-refractivity contribution in [1.29, 1.82) is 0 Å². The van der Waals surface area contributed by atoms with Crippen LogP contribution < -0.4 is 0 Å². The lowest BCUT2D eigenvalue weighted by Gasteiger charge is -2.07. The molecule has 1 aromatic rings. The quantitative estimate of drug-likeness (QED) is 0.833. The summed E-state index contributed by atoms with van der Waals surface area (Å²) < 4.78 is 42.1. The lowest BCUT2D eigenvalue weighted by Crippen LogP contribution is -2.08. The molecule has 0 aromatic carbocycles. The first kappa shape index (κ1) is 12.1. The van der Waals surface area contributed by atoms with Gasteiger partial charge in [0, 0.05) is 11.1 Å². The van der Waals surface area contributed by atoms with Crippen LogP contribution in [0.5, 0.6) is 0 Å². The first-order chi connectivity index (χ1) is 6.79. The van der Waals surface area contributed by atoms with E-state index in [1.807, 2.05) is 0 Å². The minimum absolute atomic E-state index is 0.105. The van der Waals surface area contributed by atoms with Gasteiger partial charge in [-0.05, 0) is 12.8 Å². The maximum absolute atomic E-state index is 12.5. The smallest absolute Gasteiger partial charge is 0.449 e. The Labute approximate surface area is 85.7 Å². The lowest BCUT2D eigenvalue weighted by atomic mass is 9.98. The molecule has 1 N–H and O–H groups in total. The normalized spacial score (nSPS) is 12.5. The van der Waals surface area contributed by atoms with E-state index in [1.165, 1.54) is 6.92 Å². The highest BCUT2D eigenvalue weighted by molar-refractivity contribution is 5.36. The molecule has 0 radical (unpaired) electrons. The topological polar surface area (TPSA) is 33.4 Å². The lowest BCUT2D eigenvalue weighted by molar-refractivity contribution is -0.154. The van der Waals surface area contributed by atoms with Crippen molar-refractivity contribution in [3.05, 3.63) is 22.6 Å². The number of alkyl halides is 3. The second-order valence-corrected chi connectivity index (χ2v) is 3.69. The Hall–Kier alpha value is -0.970. The number of rotatable bonds is 2. The summed E-state index contributed by atoms with van der Waals surface area (Å²) in [5, 5.41) is 8.96. The summed E-state index contributed by atoms with van der Waals surface area (Å²) in [6.45, 7) is 4.35. The Morgan fingerprint density at radius 2 is 1.87 bits per heavy atom. The molecule has 0 aliphatic rings. The highest BCUT2D eigenvalue weighted by atomic mass is 19.4. The van der Waals surface area contributed by atoms with Crippen LogP contribution in [-0.4, -0.2) is 5.11 Å². The Balaban J connectivity index is 3.38. The van der Waals surface area contributed by atoms with Gasteiger partial charge in [0.05, 0.1) is 6.61 Å². The van der Waals surface area contributed by atoms with E-state index >= 15 is 0 Å². The Morgan fingerprint density at radius 3 is 2.20 bits per heavy atom. The summed E-state index contributed by atoms with van der Waals surface area (Å²) in [6.07, 6.45) is -4.55. The summed E-state index contributed by atoms with van der Waals surface area (Å²) in [4.78, 5) is 0. The van der Waals surface area contributed by atoms with E-state index in [1.54, 1.807) is 13.8 Å². The van der Waals surface area contributed by atoms with Gasteiger partial charge >= 0.3 is 6.18 Å². The second-order valence-electron chi connectivity index (χ2n) is 3.69. The third kappa shape index (κ3) is 2.17. The van der Waals surface area contributed by atoms with Crippen molar-refractivity contribution in [3.8, 4) is 0 Å². The van der Waals surface area contributed by atoms with Crippen molar-refractivity contribution in [2.75, 3.05) is 0 Å². The Kier molecular flexibility index (Phi) is 3.13. The van der Waals surface area contributed by atoms with Gasteiger partial charge in [-0.25, -0.2) is 0 Å². The van der Waals surface area contributed by atoms with Crippen molar-refractivity contribution in [2.24, 2.45) is 0 Å². The highest BCUT2D eigenvalue weighted by Crippen LogP contribution is 2.38. The molecular weight excluding hydrogens is 209 g/mol. The molecule has 0 spiro atoms. The molecular formula is C10H13F3O2. The zero-order valence-electron chi connectivity index (χ0n) is 8.77. The zero-order valence-corrected chi connectivity index (χ0v) is 8.77. The first-order valence-corrected chi connectivity index (χ1v) is 4.59. The van der Waals surface area contributed by atoms with Crippen LogP contribution in [0.25, 0.3) is 0 Å². The van der Waals surface area contributed by atoms with Crippen molar-refractivity contribution in [1.82, 2.24) is 0 Å². The molecule has 0 amide bonds. The molecule has 0 atom stereocenters. The third-order valence-electron chi connectivity index (χ3n) is 2.23. The maximum Gasteiger partial charge on any atom is 0.449 e. The molecule has 1 heterocycles. The summed E-state index contributed by atoms with van der Waals surface area (Å²) >= 11 is 0. The van der Waals surface area contributed by atoms with Crippen molar-refractivity contribution >= 4 is 0 Å². The number of furan rings is 1. The first-order valence-electron chi connectivity index (χ1n) is 4.59. The van der Waals surface area contributed by atoms with Crippen LogP contribution in [0.15, 0.2) is 4.42 Å². The van der Waals surface area contributed by atoms with Crippen molar-refractivity contribution in [2.45, 2.75) is 39.5 Å². The number of hydrogen-bond acceptors (Lipinski definition) is 2.